The van der Waals surface area contributed by atoms with Crippen molar-refractivity contribution in [1.82, 2.24) is 9.21 Å². The molecule has 0 N–H and O–H groups in total. The fourth-order valence-electron chi connectivity index (χ4n) is 3.02. The van der Waals surface area contributed by atoms with Crippen LogP contribution in [0.15, 0.2) is 40.6 Å². The molecule has 1 fully saturated rings. The summed E-state index contributed by atoms with van der Waals surface area (Å²) in [5, 5.41) is 0. The van der Waals surface area contributed by atoms with Gasteiger partial charge in [-0.05, 0) is 49.7 Å². The minimum atomic E-state index is -3.47. The van der Waals surface area contributed by atoms with Gasteiger partial charge in [0.2, 0.25) is 0 Å². The van der Waals surface area contributed by atoms with Crippen molar-refractivity contribution in [2.24, 2.45) is 0 Å². The molecule has 2 aromatic rings. The Morgan fingerprint density at radius 1 is 1.07 bits per heavy atom. The summed E-state index contributed by atoms with van der Waals surface area (Å²) < 4.78 is 32.9. The highest BCUT2D eigenvalue weighted by atomic mass is 32.2. The number of ether oxygens (including phenoxy) is 1. The van der Waals surface area contributed by atoms with Crippen molar-refractivity contribution in [2.45, 2.75) is 30.9 Å². The molecule has 1 aliphatic heterocycles. The molecule has 8 heteroatoms. The number of hydrogen-bond donors (Lipinski definition) is 0. The Morgan fingerprint density at radius 2 is 1.75 bits per heavy atom. The lowest BCUT2D eigenvalue weighted by molar-refractivity contribution is 0.0698. The van der Waals surface area contributed by atoms with Crippen LogP contribution in [-0.4, -0.2) is 56.3 Å². The van der Waals surface area contributed by atoms with Gasteiger partial charge in [0.1, 0.15) is 9.96 Å². The summed E-state index contributed by atoms with van der Waals surface area (Å²) in [6, 6.07) is 10.6. The number of carbonyl (C=O) groups excluding carboxylic acids is 1. The Labute approximate surface area is 170 Å². The van der Waals surface area contributed by atoms with Crippen LogP contribution in [0.5, 0.6) is 5.75 Å². The van der Waals surface area contributed by atoms with Crippen molar-refractivity contribution in [3.63, 3.8) is 0 Å². The third kappa shape index (κ3) is 4.74. The van der Waals surface area contributed by atoms with E-state index in [1.165, 1.54) is 15.6 Å². The number of benzene rings is 1. The lowest BCUT2D eigenvalue weighted by atomic mass is 10.2. The largest absolute Gasteiger partial charge is 0.494 e. The zero-order chi connectivity index (χ0) is 20.1. The molecule has 1 amide bonds. The Balaban J connectivity index is 1.58. The molecule has 0 aliphatic carbocycles. The van der Waals surface area contributed by atoms with E-state index in [0.29, 0.717) is 42.6 Å². The number of hydrogen-bond acceptors (Lipinski definition) is 5. The van der Waals surface area contributed by atoms with Crippen LogP contribution in [-0.2, 0) is 10.0 Å². The summed E-state index contributed by atoms with van der Waals surface area (Å²) in [6.45, 7) is 6.06. The van der Waals surface area contributed by atoms with Crippen LogP contribution >= 0.6 is 11.3 Å². The van der Waals surface area contributed by atoms with Crippen LogP contribution in [0.3, 0.4) is 0 Å². The van der Waals surface area contributed by atoms with Gasteiger partial charge in [-0.1, -0.05) is 13.3 Å². The average Bonchev–Trinajstić information content (AvgIpc) is 3.15. The number of piperazine rings is 1. The maximum Gasteiger partial charge on any atom is 0.253 e. The molecule has 0 unspecified atom stereocenters. The fraction of sp³-hybridized carbons (Fsp3) is 0.450. The first kappa shape index (κ1) is 20.8. The maximum atomic E-state index is 12.7. The van der Waals surface area contributed by atoms with Crippen LogP contribution in [0.25, 0.3) is 0 Å². The predicted octanol–water partition coefficient (Wildman–Crippen LogP) is 3.38. The molecule has 0 radical (unpaired) electrons. The van der Waals surface area contributed by atoms with E-state index in [1.54, 1.807) is 23.1 Å². The zero-order valence-electron chi connectivity index (χ0n) is 16.3. The number of thiophene rings is 1. The van der Waals surface area contributed by atoms with Gasteiger partial charge in [0.25, 0.3) is 15.9 Å². The third-order valence-electron chi connectivity index (χ3n) is 4.70. The van der Waals surface area contributed by atoms with E-state index in [9.17, 15) is 13.2 Å². The second kappa shape index (κ2) is 9.07. The van der Waals surface area contributed by atoms with Crippen molar-refractivity contribution in [3.8, 4) is 5.75 Å². The minimum absolute atomic E-state index is 0.0795. The summed E-state index contributed by atoms with van der Waals surface area (Å²) in [7, 11) is -3.47. The van der Waals surface area contributed by atoms with Gasteiger partial charge in [-0.2, -0.15) is 4.31 Å². The summed E-state index contributed by atoms with van der Waals surface area (Å²) in [5.41, 5.74) is 0.591. The van der Waals surface area contributed by atoms with Crippen LogP contribution in [0.4, 0.5) is 0 Å². The number of sulfonamides is 1. The SMILES string of the molecule is CCCCOc1ccc(C(=O)N2CCN(S(=O)(=O)c3ccc(C)s3)CC2)cc1. The lowest BCUT2D eigenvalue weighted by Crippen LogP contribution is -2.50. The first-order chi connectivity index (χ1) is 13.4. The van der Waals surface area contributed by atoms with Gasteiger partial charge in [-0.3, -0.25) is 4.79 Å². The smallest absolute Gasteiger partial charge is 0.253 e. The van der Waals surface area contributed by atoms with Crippen LogP contribution in [0.1, 0.15) is 35.0 Å². The zero-order valence-corrected chi connectivity index (χ0v) is 17.9. The second-order valence-corrected chi connectivity index (χ2v) is 10.2. The molecule has 1 aliphatic rings. The van der Waals surface area contributed by atoms with Crippen molar-refractivity contribution >= 4 is 27.3 Å². The summed E-state index contributed by atoms with van der Waals surface area (Å²) in [4.78, 5) is 15.4. The van der Waals surface area contributed by atoms with Crippen molar-refractivity contribution in [2.75, 3.05) is 32.8 Å². The standard InChI is InChI=1S/C20H26N2O4S2/c1-3-4-15-26-18-8-6-17(7-9-18)20(23)21-11-13-22(14-12-21)28(24,25)19-10-5-16(2)27-19/h5-10H,3-4,11-15H2,1-2H3. The van der Waals surface area contributed by atoms with Gasteiger partial charge >= 0.3 is 0 Å². The van der Waals surface area contributed by atoms with Crippen molar-refractivity contribution in [1.29, 1.82) is 0 Å². The summed E-state index contributed by atoms with van der Waals surface area (Å²) >= 11 is 1.28. The van der Waals surface area contributed by atoms with Gasteiger partial charge in [0.05, 0.1) is 6.61 Å². The number of aryl methyl sites for hydroxylation is 1. The molecule has 1 aromatic heterocycles. The molecule has 2 heterocycles. The first-order valence-corrected chi connectivity index (χ1v) is 11.8. The number of amides is 1. The van der Waals surface area contributed by atoms with Crippen LogP contribution in [0.2, 0.25) is 0 Å². The Bertz CT molecular complexity index is 899. The Hall–Kier alpha value is -1.90. The maximum absolute atomic E-state index is 12.7. The fourth-order valence-corrected chi connectivity index (χ4v) is 5.88. The minimum Gasteiger partial charge on any atom is -0.494 e. The average molecular weight is 423 g/mol. The number of nitrogens with zero attached hydrogens (tertiary/aromatic N) is 2. The summed E-state index contributed by atoms with van der Waals surface area (Å²) in [5.74, 6) is 0.677. The molecular formula is C20H26N2O4S2. The number of carbonyl (C=O) groups is 1. The van der Waals surface area contributed by atoms with Gasteiger partial charge in [0, 0.05) is 36.6 Å². The molecule has 152 valence electrons. The molecule has 0 bridgehead atoms. The van der Waals surface area contributed by atoms with E-state index in [-0.39, 0.29) is 5.91 Å². The van der Waals surface area contributed by atoms with Crippen molar-refractivity contribution in [3.05, 3.63) is 46.8 Å². The summed E-state index contributed by atoms with van der Waals surface area (Å²) in [6.07, 6.45) is 2.07. The molecule has 1 saturated heterocycles. The van der Waals surface area contributed by atoms with E-state index in [2.05, 4.69) is 6.92 Å². The molecule has 6 nitrogen and oxygen atoms in total. The predicted molar refractivity (Wildman–Crippen MR) is 111 cm³/mol. The van der Waals surface area contributed by atoms with Gasteiger partial charge < -0.3 is 9.64 Å². The highest BCUT2D eigenvalue weighted by Crippen LogP contribution is 2.25. The normalized spacial score (nSPS) is 15.6. The van der Waals surface area contributed by atoms with E-state index in [4.69, 9.17) is 4.74 Å². The van der Waals surface area contributed by atoms with E-state index < -0.39 is 10.0 Å². The highest BCUT2D eigenvalue weighted by Gasteiger charge is 2.31. The molecule has 3 rings (SSSR count). The number of unbranched alkanes of at least 4 members (excludes halogenated alkanes) is 1. The topological polar surface area (TPSA) is 66.9 Å². The molecule has 1 aromatic carbocycles. The van der Waals surface area contributed by atoms with E-state index in [1.807, 2.05) is 25.1 Å². The second-order valence-electron chi connectivity index (χ2n) is 6.79. The van der Waals surface area contributed by atoms with Gasteiger partial charge in [-0.25, -0.2) is 8.42 Å². The van der Waals surface area contributed by atoms with Crippen LogP contribution < -0.4 is 4.74 Å². The monoisotopic (exact) mass is 422 g/mol. The molecule has 28 heavy (non-hydrogen) atoms. The Morgan fingerprint density at radius 3 is 2.32 bits per heavy atom. The molecule has 0 saturated carbocycles. The Kier molecular flexibility index (Phi) is 6.74. The first-order valence-electron chi connectivity index (χ1n) is 9.50. The van der Waals surface area contributed by atoms with Crippen LogP contribution in [0, 0.1) is 6.92 Å². The van der Waals surface area contributed by atoms with Gasteiger partial charge in [-0.15, -0.1) is 11.3 Å². The lowest BCUT2D eigenvalue weighted by Gasteiger charge is -2.33. The molecule has 0 spiro atoms. The third-order valence-corrected chi connectivity index (χ3v) is 8.07. The number of rotatable bonds is 7. The van der Waals surface area contributed by atoms with Crippen molar-refractivity contribution < 1.29 is 17.9 Å². The molecule has 0 atom stereocenters. The quantitative estimate of drug-likeness (QED) is 0.642. The highest BCUT2D eigenvalue weighted by molar-refractivity contribution is 7.91. The van der Waals surface area contributed by atoms with Gasteiger partial charge in [0.15, 0.2) is 0 Å². The van der Waals surface area contributed by atoms with E-state index >= 15 is 0 Å². The van der Waals surface area contributed by atoms with E-state index in [0.717, 1.165) is 23.5 Å². The molecular weight excluding hydrogens is 396 g/mol.